The van der Waals surface area contributed by atoms with Crippen molar-refractivity contribution in [3.05, 3.63) is 66.2 Å². The standard InChI is InChI=1S/C19H18N6/c1-2-7-20-16(5-1)18-10-15-12-24(8-9-25(15)23-18)11-14-4-3-6-17-19(14)22-13-21-17/h1-7,10,13H,8-9,11-12H2,(H,21,22). The molecule has 3 aromatic heterocycles. The number of nitrogens with zero attached hydrogens (tertiary/aromatic N) is 5. The van der Waals surface area contributed by atoms with Crippen LogP contribution in [0, 0.1) is 0 Å². The Balaban J connectivity index is 1.39. The molecule has 0 radical (unpaired) electrons. The maximum Gasteiger partial charge on any atom is 0.111 e. The van der Waals surface area contributed by atoms with Crippen LogP contribution < -0.4 is 0 Å². The molecular weight excluding hydrogens is 312 g/mol. The average molecular weight is 330 g/mol. The quantitative estimate of drug-likeness (QED) is 0.627. The zero-order valence-corrected chi connectivity index (χ0v) is 13.8. The van der Waals surface area contributed by atoms with E-state index in [1.807, 2.05) is 24.4 Å². The molecule has 5 rings (SSSR count). The van der Waals surface area contributed by atoms with Gasteiger partial charge in [-0.1, -0.05) is 18.2 Å². The second kappa shape index (κ2) is 5.82. The van der Waals surface area contributed by atoms with Crippen molar-refractivity contribution in [3.8, 4) is 11.4 Å². The Morgan fingerprint density at radius 3 is 2.92 bits per heavy atom. The maximum absolute atomic E-state index is 4.71. The van der Waals surface area contributed by atoms with Crippen molar-refractivity contribution < 1.29 is 0 Å². The number of imidazole rings is 1. The van der Waals surface area contributed by atoms with Crippen molar-refractivity contribution in [1.29, 1.82) is 0 Å². The number of hydrogen-bond donors (Lipinski definition) is 1. The van der Waals surface area contributed by atoms with Gasteiger partial charge in [0.1, 0.15) is 5.69 Å². The second-order valence-electron chi connectivity index (χ2n) is 6.39. The molecule has 0 atom stereocenters. The lowest BCUT2D eigenvalue weighted by Gasteiger charge is -2.27. The van der Waals surface area contributed by atoms with Gasteiger partial charge in [0, 0.05) is 25.8 Å². The third kappa shape index (κ3) is 2.60. The van der Waals surface area contributed by atoms with E-state index < -0.39 is 0 Å². The van der Waals surface area contributed by atoms with Gasteiger partial charge in [-0.25, -0.2) is 4.98 Å². The molecule has 0 unspecified atom stereocenters. The summed E-state index contributed by atoms with van der Waals surface area (Å²) in [7, 11) is 0. The van der Waals surface area contributed by atoms with Gasteiger partial charge in [0.05, 0.1) is 35.3 Å². The van der Waals surface area contributed by atoms with Crippen molar-refractivity contribution in [2.24, 2.45) is 0 Å². The number of hydrogen-bond acceptors (Lipinski definition) is 4. The van der Waals surface area contributed by atoms with Crippen LogP contribution in [-0.2, 0) is 19.6 Å². The van der Waals surface area contributed by atoms with Gasteiger partial charge in [0.25, 0.3) is 0 Å². The molecule has 1 aromatic carbocycles. The first-order valence-corrected chi connectivity index (χ1v) is 8.48. The minimum Gasteiger partial charge on any atom is -0.345 e. The van der Waals surface area contributed by atoms with Crippen molar-refractivity contribution in [2.45, 2.75) is 19.6 Å². The summed E-state index contributed by atoms with van der Waals surface area (Å²) in [5.74, 6) is 0. The number of nitrogens with one attached hydrogen (secondary N) is 1. The first kappa shape index (κ1) is 14.4. The van der Waals surface area contributed by atoms with Crippen molar-refractivity contribution in [1.82, 2.24) is 29.6 Å². The summed E-state index contributed by atoms with van der Waals surface area (Å²) < 4.78 is 2.11. The molecule has 1 aliphatic heterocycles. The largest absolute Gasteiger partial charge is 0.345 e. The molecule has 0 aliphatic carbocycles. The third-order valence-electron chi connectivity index (χ3n) is 4.73. The van der Waals surface area contributed by atoms with E-state index in [-0.39, 0.29) is 0 Å². The molecule has 0 bridgehead atoms. The molecule has 25 heavy (non-hydrogen) atoms. The number of aromatic nitrogens is 5. The number of benzene rings is 1. The van der Waals surface area contributed by atoms with Crippen LogP contribution in [0.15, 0.2) is 55.0 Å². The van der Waals surface area contributed by atoms with Crippen molar-refractivity contribution in [3.63, 3.8) is 0 Å². The predicted octanol–water partition coefficient (Wildman–Crippen LogP) is 2.84. The topological polar surface area (TPSA) is 62.6 Å². The number of H-pyrrole nitrogens is 1. The highest BCUT2D eigenvalue weighted by molar-refractivity contribution is 5.78. The molecule has 1 aliphatic rings. The summed E-state index contributed by atoms with van der Waals surface area (Å²) in [6, 6.07) is 14.4. The summed E-state index contributed by atoms with van der Waals surface area (Å²) in [4.78, 5) is 14.5. The van der Waals surface area contributed by atoms with E-state index in [1.165, 1.54) is 11.3 Å². The zero-order valence-electron chi connectivity index (χ0n) is 13.8. The maximum atomic E-state index is 4.71. The van der Waals surface area contributed by atoms with Crippen LogP contribution in [0.5, 0.6) is 0 Å². The molecule has 1 N–H and O–H groups in total. The molecule has 0 saturated heterocycles. The van der Waals surface area contributed by atoms with E-state index in [4.69, 9.17) is 5.10 Å². The van der Waals surface area contributed by atoms with Gasteiger partial charge in [-0.3, -0.25) is 14.6 Å². The van der Waals surface area contributed by atoms with Gasteiger partial charge < -0.3 is 4.98 Å². The highest BCUT2D eigenvalue weighted by Crippen LogP contribution is 2.23. The Labute approximate surface area is 145 Å². The monoisotopic (exact) mass is 330 g/mol. The van der Waals surface area contributed by atoms with Gasteiger partial charge >= 0.3 is 0 Å². The Bertz CT molecular complexity index is 1020. The smallest absolute Gasteiger partial charge is 0.111 e. The average Bonchev–Trinajstić information content (AvgIpc) is 3.29. The summed E-state index contributed by atoms with van der Waals surface area (Å²) in [5, 5.41) is 4.71. The molecule has 4 aromatic rings. The van der Waals surface area contributed by atoms with Crippen molar-refractivity contribution >= 4 is 11.0 Å². The molecule has 0 fully saturated rings. The van der Waals surface area contributed by atoms with Crippen LogP contribution >= 0.6 is 0 Å². The van der Waals surface area contributed by atoms with Crippen LogP contribution in [0.2, 0.25) is 0 Å². The minimum atomic E-state index is 0.890. The molecule has 0 saturated carbocycles. The Hall–Kier alpha value is -2.99. The lowest BCUT2D eigenvalue weighted by molar-refractivity contribution is 0.206. The predicted molar refractivity (Wildman–Crippen MR) is 95.7 cm³/mol. The summed E-state index contributed by atoms with van der Waals surface area (Å²) >= 11 is 0. The van der Waals surface area contributed by atoms with E-state index in [1.54, 1.807) is 6.33 Å². The van der Waals surface area contributed by atoms with Crippen LogP contribution in [0.1, 0.15) is 11.3 Å². The first-order valence-electron chi connectivity index (χ1n) is 8.48. The van der Waals surface area contributed by atoms with Crippen molar-refractivity contribution in [2.75, 3.05) is 6.54 Å². The molecule has 4 heterocycles. The normalized spacial score (nSPS) is 14.7. The first-order chi connectivity index (χ1) is 12.4. The number of rotatable bonds is 3. The SMILES string of the molecule is c1ccc(-c2cc3n(n2)CCN(Cc2cccc4[nH]cnc24)C3)nc1. The molecule has 0 spiro atoms. The fourth-order valence-electron chi connectivity index (χ4n) is 3.49. The van der Waals surface area contributed by atoms with Crippen LogP contribution in [0.4, 0.5) is 0 Å². The van der Waals surface area contributed by atoms with E-state index in [0.717, 1.165) is 48.6 Å². The summed E-state index contributed by atoms with van der Waals surface area (Å²) in [6.07, 6.45) is 3.57. The third-order valence-corrected chi connectivity index (χ3v) is 4.73. The number of fused-ring (bicyclic) bond motifs is 2. The Morgan fingerprint density at radius 1 is 1.00 bits per heavy atom. The molecule has 6 nitrogen and oxygen atoms in total. The van der Waals surface area contributed by atoms with Gasteiger partial charge in [-0.15, -0.1) is 0 Å². The molecule has 124 valence electrons. The lowest BCUT2D eigenvalue weighted by atomic mass is 10.1. The van der Waals surface area contributed by atoms with Gasteiger partial charge in [-0.05, 0) is 29.8 Å². The van der Waals surface area contributed by atoms with Gasteiger partial charge in [0.15, 0.2) is 0 Å². The van der Waals surface area contributed by atoms with E-state index in [9.17, 15) is 0 Å². The number of pyridine rings is 1. The number of para-hydroxylation sites is 1. The van der Waals surface area contributed by atoms with E-state index >= 15 is 0 Å². The summed E-state index contributed by atoms with van der Waals surface area (Å²) in [5.41, 5.74) is 6.54. The van der Waals surface area contributed by atoms with Crippen LogP contribution in [-0.4, -0.2) is 36.2 Å². The van der Waals surface area contributed by atoms with Crippen LogP contribution in [0.25, 0.3) is 22.4 Å². The fourth-order valence-corrected chi connectivity index (χ4v) is 3.49. The van der Waals surface area contributed by atoms with Gasteiger partial charge in [-0.2, -0.15) is 5.10 Å². The van der Waals surface area contributed by atoms with E-state index in [0.29, 0.717) is 0 Å². The Kier molecular flexibility index (Phi) is 3.34. The number of aromatic amines is 1. The molecular formula is C19H18N6. The lowest BCUT2D eigenvalue weighted by Crippen LogP contribution is -2.33. The minimum absolute atomic E-state index is 0.890. The molecule has 6 heteroatoms. The van der Waals surface area contributed by atoms with Gasteiger partial charge in [0.2, 0.25) is 0 Å². The molecule has 0 amide bonds. The second-order valence-corrected chi connectivity index (χ2v) is 6.39. The highest BCUT2D eigenvalue weighted by atomic mass is 15.3. The summed E-state index contributed by atoms with van der Waals surface area (Å²) in [6.45, 7) is 3.67. The Morgan fingerprint density at radius 2 is 2.00 bits per heavy atom. The highest BCUT2D eigenvalue weighted by Gasteiger charge is 2.20. The fraction of sp³-hybridized carbons (Fsp3) is 0.211. The van der Waals surface area contributed by atoms with E-state index in [2.05, 4.69) is 48.8 Å². The zero-order chi connectivity index (χ0) is 16.6. The van der Waals surface area contributed by atoms with Crippen LogP contribution in [0.3, 0.4) is 0 Å².